The molecule has 0 aromatic heterocycles. The van der Waals surface area contributed by atoms with E-state index in [1.54, 1.807) is 0 Å². The van der Waals surface area contributed by atoms with Gasteiger partial charge in [-0.3, -0.25) is 4.79 Å². The summed E-state index contributed by atoms with van der Waals surface area (Å²) in [6, 6.07) is -0.891. The second-order valence-corrected chi connectivity index (χ2v) is 18.5. The van der Waals surface area contributed by atoms with Crippen molar-refractivity contribution in [2.75, 3.05) is 13.2 Å². The summed E-state index contributed by atoms with van der Waals surface area (Å²) < 4.78 is 11.2. The van der Waals surface area contributed by atoms with Crippen molar-refractivity contribution in [3.05, 3.63) is 12.2 Å². The highest BCUT2D eigenvalue weighted by atomic mass is 16.7. The number of amides is 1. The number of hydrogen-bond donors (Lipinski definition) is 7. The fourth-order valence-electron chi connectivity index (χ4n) is 8.46. The molecule has 0 bridgehead atoms. The number of carbonyl (C=O) groups is 1. The quantitative estimate of drug-likeness (QED) is 0.0233. The van der Waals surface area contributed by atoms with Gasteiger partial charge in [0.05, 0.1) is 25.4 Å². The van der Waals surface area contributed by atoms with Gasteiger partial charge in [-0.25, -0.2) is 0 Å². The summed E-state index contributed by atoms with van der Waals surface area (Å²) in [4.78, 5) is 13.1. The third-order valence-corrected chi connectivity index (χ3v) is 12.7. The molecule has 1 saturated heterocycles. The van der Waals surface area contributed by atoms with E-state index in [0.717, 1.165) is 51.4 Å². The molecule has 0 aromatic carbocycles. The molecular formula is C51H99NO9. The number of aliphatic hydroxyl groups excluding tert-OH is 6. The van der Waals surface area contributed by atoms with Crippen molar-refractivity contribution in [1.29, 1.82) is 0 Å². The van der Waals surface area contributed by atoms with Crippen molar-refractivity contribution in [1.82, 2.24) is 5.32 Å². The van der Waals surface area contributed by atoms with Crippen LogP contribution in [-0.4, -0.2) is 98.7 Å². The molecule has 1 rings (SSSR count). The smallest absolute Gasteiger partial charge is 0.249 e. The normalized spacial score (nSPS) is 21.0. The maximum atomic E-state index is 13.1. The predicted octanol–water partition coefficient (Wildman–Crippen LogP) is 10.6. The minimum Gasteiger partial charge on any atom is -0.394 e. The number of carbonyl (C=O) groups excluding carboxylic acids is 1. The van der Waals surface area contributed by atoms with Crippen molar-refractivity contribution >= 4 is 5.91 Å². The summed E-state index contributed by atoms with van der Waals surface area (Å²) in [6.45, 7) is 3.67. The fourth-order valence-corrected chi connectivity index (χ4v) is 8.46. The Bertz CT molecular complexity index is 984. The number of rotatable bonds is 44. The van der Waals surface area contributed by atoms with Crippen LogP contribution in [0.4, 0.5) is 0 Å². The summed E-state index contributed by atoms with van der Waals surface area (Å²) in [5, 5.41) is 64.9. The van der Waals surface area contributed by atoms with Gasteiger partial charge in [-0.15, -0.1) is 0 Å². The average molecular weight is 870 g/mol. The van der Waals surface area contributed by atoms with Crippen LogP contribution in [0.2, 0.25) is 0 Å². The van der Waals surface area contributed by atoms with Gasteiger partial charge in [0.1, 0.15) is 30.5 Å². The molecule has 0 spiro atoms. The van der Waals surface area contributed by atoms with Gasteiger partial charge < -0.3 is 45.4 Å². The van der Waals surface area contributed by atoms with E-state index < -0.39 is 61.5 Å². The lowest BCUT2D eigenvalue weighted by molar-refractivity contribution is -0.302. The Labute approximate surface area is 374 Å². The second-order valence-electron chi connectivity index (χ2n) is 18.5. The lowest BCUT2D eigenvalue weighted by atomic mass is 9.99. The highest BCUT2D eigenvalue weighted by molar-refractivity contribution is 5.80. The molecule has 61 heavy (non-hydrogen) atoms. The molecular weight excluding hydrogens is 771 g/mol. The van der Waals surface area contributed by atoms with E-state index in [1.807, 2.05) is 0 Å². The van der Waals surface area contributed by atoms with Gasteiger partial charge in [0, 0.05) is 0 Å². The zero-order valence-corrected chi connectivity index (χ0v) is 39.6. The average Bonchev–Trinajstić information content (AvgIpc) is 3.26. The lowest BCUT2D eigenvalue weighted by Crippen LogP contribution is -2.60. The van der Waals surface area contributed by atoms with Crippen LogP contribution >= 0.6 is 0 Å². The van der Waals surface area contributed by atoms with Gasteiger partial charge in [0.15, 0.2) is 6.29 Å². The number of aliphatic hydroxyl groups is 6. The zero-order chi connectivity index (χ0) is 44.6. The third-order valence-electron chi connectivity index (χ3n) is 12.7. The molecule has 8 atom stereocenters. The van der Waals surface area contributed by atoms with Crippen LogP contribution in [-0.2, 0) is 14.3 Å². The molecule has 1 fully saturated rings. The molecule has 1 aliphatic rings. The molecule has 0 aliphatic carbocycles. The van der Waals surface area contributed by atoms with Crippen LogP contribution in [0, 0.1) is 0 Å². The standard InChI is InChI=1S/C51H99NO9/c1-3-5-7-9-11-13-15-16-17-18-19-20-21-22-23-24-25-26-27-28-30-32-34-36-38-40-45(55)50(59)52-43(42-60-51-49(58)48(57)47(56)46(41-53)61-51)44(54)39-37-35-33-31-29-14-12-10-8-6-4-2/h22-23,43-49,51,53-58H,3-21,24-42H2,1-2H3,(H,52,59)/b23-22-. The highest BCUT2D eigenvalue weighted by Gasteiger charge is 2.44. The molecule has 1 amide bonds. The summed E-state index contributed by atoms with van der Waals surface area (Å²) in [5.41, 5.74) is 0. The third kappa shape index (κ3) is 31.4. The molecule has 10 heteroatoms. The Hall–Kier alpha value is -1.11. The van der Waals surface area contributed by atoms with Gasteiger partial charge in [-0.1, -0.05) is 219 Å². The SMILES string of the molecule is CCCCCCCCCCCCCC/C=C\CCCCCCCCCCCC(O)C(=O)NC(COC1OC(CO)C(O)C(O)C1O)C(O)CCCCCCCCCCCCC. The Morgan fingerprint density at radius 1 is 0.541 bits per heavy atom. The first-order valence-corrected chi connectivity index (χ1v) is 26.0. The first kappa shape index (κ1) is 57.9. The van der Waals surface area contributed by atoms with Crippen LogP contribution < -0.4 is 5.32 Å². The zero-order valence-electron chi connectivity index (χ0n) is 39.6. The van der Waals surface area contributed by atoms with Crippen molar-refractivity contribution in [3.8, 4) is 0 Å². The van der Waals surface area contributed by atoms with Crippen LogP contribution in [0.3, 0.4) is 0 Å². The van der Waals surface area contributed by atoms with Gasteiger partial charge in [-0.05, 0) is 38.5 Å². The van der Waals surface area contributed by atoms with Crippen LogP contribution in [0.25, 0.3) is 0 Å². The Balaban J connectivity index is 2.23. The van der Waals surface area contributed by atoms with Crippen LogP contribution in [0.1, 0.15) is 245 Å². The molecule has 362 valence electrons. The van der Waals surface area contributed by atoms with E-state index in [-0.39, 0.29) is 6.61 Å². The first-order valence-electron chi connectivity index (χ1n) is 26.0. The number of allylic oxidation sites excluding steroid dienone is 2. The van der Waals surface area contributed by atoms with Gasteiger partial charge in [-0.2, -0.15) is 0 Å². The van der Waals surface area contributed by atoms with Gasteiger partial charge >= 0.3 is 0 Å². The molecule has 0 aromatic rings. The van der Waals surface area contributed by atoms with E-state index in [1.165, 1.54) is 167 Å². The minimum absolute atomic E-state index is 0.253. The highest BCUT2D eigenvalue weighted by Crippen LogP contribution is 2.23. The van der Waals surface area contributed by atoms with Gasteiger partial charge in [0.25, 0.3) is 0 Å². The van der Waals surface area contributed by atoms with Crippen molar-refractivity contribution in [3.63, 3.8) is 0 Å². The predicted molar refractivity (Wildman–Crippen MR) is 250 cm³/mol. The van der Waals surface area contributed by atoms with Crippen LogP contribution in [0.5, 0.6) is 0 Å². The monoisotopic (exact) mass is 870 g/mol. The van der Waals surface area contributed by atoms with Gasteiger partial charge in [0.2, 0.25) is 5.91 Å². The van der Waals surface area contributed by atoms with E-state index in [4.69, 9.17) is 9.47 Å². The summed E-state index contributed by atoms with van der Waals surface area (Å²) in [7, 11) is 0. The van der Waals surface area contributed by atoms with E-state index in [2.05, 4.69) is 31.3 Å². The Morgan fingerprint density at radius 3 is 1.33 bits per heavy atom. The molecule has 1 heterocycles. The Morgan fingerprint density at radius 2 is 0.918 bits per heavy atom. The van der Waals surface area contributed by atoms with Crippen molar-refractivity contribution < 1.29 is 44.9 Å². The maximum Gasteiger partial charge on any atom is 0.249 e. The van der Waals surface area contributed by atoms with E-state index >= 15 is 0 Å². The molecule has 8 unspecified atom stereocenters. The fraction of sp³-hybridized carbons (Fsp3) is 0.941. The minimum atomic E-state index is -1.59. The van der Waals surface area contributed by atoms with Crippen molar-refractivity contribution in [2.24, 2.45) is 0 Å². The molecule has 10 nitrogen and oxygen atoms in total. The largest absolute Gasteiger partial charge is 0.394 e. The molecule has 1 aliphatic heterocycles. The number of unbranched alkanes of at least 4 members (excludes halogenated alkanes) is 31. The maximum absolute atomic E-state index is 13.1. The number of ether oxygens (including phenoxy) is 2. The first-order chi connectivity index (χ1) is 29.8. The lowest BCUT2D eigenvalue weighted by Gasteiger charge is -2.40. The van der Waals surface area contributed by atoms with Crippen LogP contribution in [0.15, 0.2) is 12.2 Å². The van der Waals surface area contributed by atoms with E-state index in [0.29, 0.717) is 12.8 Å². The number of nitrogens with one attached hydrogen (secondary N) is 1. The number of hydrogen-bond acceptors (Lipinski definition) is 9. The van der Waals surface area contributed by atoms with Crippen molar-refractivity contribution in [2.45, 2.75) is 294 Å². The van der Waals surface area contributed by atoms with E-state index in [9.17, 15) is 35.4 Å². The summed E-state index contributed by atoms with van der Waals surface area (Å²) in [5.74, 6) is -0.584. The summed E-state index contributed by atoms with van der Waals surface area (Å²) >= 11 is 0. The molecule has 0 saturated carbocycles. The molecule has 0 radical (unpaired) electrons. The summed E-state index contributed by atoms with van der Waals surface area (Å²) in [6.07, 6.45) is 38.5. The Kier molecular flexibility index (Phi) is 39.5. The topological polar surface area (TPSA) is 169 Å². The second kappa shape index (κ2) is 41.6. The molecule has 7 N–H and O–H groups in total.